The zero-order valence-electron chi connectivity index (χ0n) is 8.18. The molecule has 2 aromatic rings. The summed E-state index contributed by atoms with van der Waals surface area (Å²) in [6.45, 7) is 0.665. The molecule has 0 unspecified atom stereocenters. The molecule has 0 saturated carbocycles. The number of hydrogen-bond donors (Lipinski definition) is 1. The van der Waals surface area contributed by atoms with Crippen LogP contribution in [0.4, 0.5) is 5.95 Å². The molecule has 6 heteroatoms. The number of halogens is 1. The zero-order chi connectivity index (χ0) is 10.7. The number of nitrogens with zero attached hydrogens (tertiary/aromatic N) is 4. The highest BCUT2D eigenvalue weighted by molar-refractivity contribution is 9.10. The Bertz CT molecular complexity index is 436. The third-order valence-electron chi connectivity index (χ3n) is 1.97. The van der Waals surface area contributed by atoms with Gasteiger partial charge >= 0.3 is 0 Å². The summed E-state index contributed by atoms with van der Waals surface area (Å²) in [4.78, 5) is 8.22. The molecule has 0 spiro atoms. The van der Waals surface area contributed by atoms with E-state index in [0.717, 1.165) is 10.2 Å². The van der Waals surface area contributed by atoms with Crippen molar-refractivity contribution >= 4 is 21.9 Å². The molecule has 0 bridgehead atoms. The van der Waals surface area contributed by atoms with Crippen LogP contribution in [0.2, 0.25) is 0 Å². The number of nitrogens with one attached hydrogen (secondary N) is 1. The van der Waals surface area contributed by atoms with Crippen LogP contribution >= 0.6 is 15.9 Å². The van der Waals surface area contributed by atoms with Crippen molar-refractivity contribution in [3.8, 4) is 0 Å². The summed E-state index contributed by atoms with van der Waals surface area (Å²) < 4.78 is 2.68. The lowest BCUT2D eigenvalue weighted by Gasteiger charge is -2.04. The van der Waals surface area contributed by atoms with Crippen molar-refractivity contribution in [1.82, 2.24) is 19.7 Å². The Morgan fingerprint density at radius 2 is 2.13 bits per heavy atom. The van der Waals surface area contributed by atoms with Crippen LogP contribution in [0.5, 0.6) is 0 Å². The van der Waals surface area contributed by atoms with Crippen LogP contribution in [0.25, 0.3) is 0 Å². The lowest BCUT2D eigenvalue weighted by molar-refractivity contribution is 0.719. The Hall–Kier alpha value is -1.43. The van der Waals surface area contributed by atoms with E-state index in [0.29, 0.717) is 12.5 Å². The number of anilines is 1. The highest BCUT2D eigenvalue weighted by Crippen LogP contribution is 2.07. The molecule has 2 aromatic heterocycles. The Balaban J connectivity index is 1.99. The van der Waals surface area contributed by atoms with Gasteiger partial charge in [-0.25, -0.2) is 9.97 Å². The van der Waals surface area contributed by atoms with Gasteiger partial charge in [0.2, 0.25) is 5.95 Å². The van der Waals surface area contributed by atoms with Gasteiger partial charge in [-0.15, -0.1) is 0 Å². The van der Waals surface area contributed by atoms with Crippen LogP contribution in [-0.2, 0) is 13.6 Å². The van der Waals surface area contributed by atoms with E-state index in [9.17, 15) is 0 Å². The van der Waals surface area contributed by atoms with E-state index < -0.39 is 0 Å². The lowest BCUT2D eigenvalue weighted by Crippen LogP contribution is -2.07. The van der Waals surface area contributed by atoms with E-state index in [4.69, 9.17) is 0 Å². The van der Waals surface area contributed by atoms with Gasteiger partial charge in [-0.3, -0.25) is 4.68 Å². The third kappa shape index (κ3) is 2.53. The molecule has 78 valence electrons. The topological polar surface area (TPSA) is 55.6 Å². The summed E-state index contributed by atoms with van der Waals surface area (Å²) >= 11 is 3.28. The van der Waals surface area contributed by atoms with E-state index >= 15 is 0 Å². The highest BCUT2D eigenvalue weighted by Gasteiger charge is 1.99. The Morgan fingerprint density at radius 3 is 2.73 bits per heavy atom. The van der Waals surface area contributed by atoms with Crippen LogP contribution in [0.1, 0.15) is 5.69 Å². The molecule has 0 aliphatic rings. The molecule has 0 aliphatic carbocycles. The Morgan fingerprint density at radius 1 is 1.40 bits per heavy atom. The van der Waals surface area contributed by atoms with Crippen LogP contribution in [0, 0.1) is 0 Å². The van der Waals surface area contributed by atoms with Gasteiger partial charge in [0.05, 0.1) is 16.7 Å². The molecule has 2 heterocycles. The van der Waals surface area contributed by atoms with Crippen LogP contribution in [0.15, 0.2) is 29.1 Å². The summed E-state index contributed by atoms with van der Waals surface area (Å²) in [7, 11) is 1.90. The molecule has 1 N–H and O–H groups in total. The summed E-state index contributed by atoms with van der Waals surface area (Å²) in [5.41, 5.74) is 1.08. The summed E-state index contributed by atoms with van der Waals surface area (Å²) in [5.74, 6) is 0.611. The van der Waals surface area contributed by atoms with Crippen molar-refractivity contribution in [3.63, 3.8) is 0 Å². The van der Waals surface area contributed by atoms with Crippen molar-refractivity contribution in [2.75, 3.05) is 5.32 Å². The normalized spacial score (nSPS) is 10.3. The van der Waals surface area contributed by atoms with Gasteiger partial charge in [-0.2, -0.15) is 5.10 Å². The largest absolute Gasteiger partial charge is 0.349 e. The van der Waals surface area contributed by atoms with Crippen molar-refractivity contribution in [2.24, 2.45) is 7.05 Å². The minimum absolute atomic E-state index is 0.611. The van der Waals surface area contributed by atoms with Gasteiger partial charge in [0.15, 0.2) is 0 Å². The van der Waals surface area contributed by atoms with E-state index in [1.54, 1.807) is 18.6 Å². The Kier molecular flexibility index (Phi) is 2.96. The van der Waals surface area contributed by atoms with Gasteiger partial charge in [0.1, 0.15) is 0 Å². The summed E-state index contributed by atoms with van der Waals surface area (Å²) in [5, 5.41) is 7.18. The van der Waals surface area contributed by atoms with Crippen LogP contribution in [0.3, 0.4) is 0 Å². The van der Waals surface area contributed by atoms with E-state index in [1.165, 1.54) is 0 Å². The third-order valence-corrected chi connectivity index (χ3v) is 2.38. The molecular weight excluding hydrogens is 258 g/mol. The average molecular weight is 268 g/mol. The standard InChI is InChI=1S/C9H10BrN5/c1-15-8(2-3-14-15)6-13-9-11-4-7(10)5-12-9/h2-5H,6H2,1H3,(H,11,12,13). The van der Waals surface area contributed by atoms with E-state index in [1.807, 2.05) is 17.8 Å². The first kappa shape index (κ1) is 10.1. The fraction of sp³-hybridized carbons (Fsp3) is 0.222. The second-order valence-corrected chi connectivity index (χ2v) is 3.94. The predicted octanol–water partition coefficient (Wildman–Crippen LogP) is 1.58. The zero-order valence-corrected chi connectivity index (χ0v) is 9.77. The van der Waals surface area contributed by atoms with E-state index in [-0.39, 0.29) is 0 Å². The van der Waals surface area contributed by atoms with Gasteiger partial charge in [0, 0.05) is 25.6 Å². The van der Waals surface area contributed by atoms with E-state index in [2.05, 4.69) is 36.3 Å². The van der Waals surface area contributed by atoms with Gasteiger partial charge in [-0.05, 0) is 22.0 Å². The fourth-order valence-electron chi connectivity index (χ4n) is 1.15. The fourth-order valence-corrected chi connectivity index (χ4v) is 1.35. The second kappa shape index (κ2) is 4.39. The smallest absolute Gasteiger partial charge is 0.222 e. The molecule has 0 atom stereocenters. The van der Waals surface area contributed by atoms with Crippen molar-refractivity contribution in [1.29, 1.82) is 0 Å². The summed E-state index contributed by atoms with van der Waals surface area (Å²) in [6, 6.07) is 1.95. The summed E-state index contributed by atoms with van der Waals surface area (Å²) in [6.07, 6.45) is 5.18. The first-order valence-electron chi connectivity index (χ1n) is 4.44. The van der Waals surface area contributed by atoms with Gasteiger partial charge < -0.3 is 5.32 Å². The SMILES string of the molecule is Cn1nccc1CNc1ncc(Br)cn1. The monoisotopic (exact) mass is 267 g/mol. The predicted molar refractivity (Wildman–Crippen MR) is 60.3 cm³/mol. The molecule has 0 fully saturated rings. The van der Waals surface area contributed by atoms with Crippen molar-refractivity contribution < 1.29 is 0 Å². The average Bonchev–Trinajstić information content (AvgIpc) is 2.63. The molecule has 0 radical (unpaired) electrons. The minimum Gasteiger partial charge on any atom is -0.349 e. The molecule has 0 saturated heterocycles. The number of aromatic nitrogens is 4. The maximum absolute atomic E-state index is 4.11. The first-order chi connectivity index (χ1) is 7.25. The number of aryl methyl sites for hydroxylation is 1. The number of rotatable bonds is 3. The second-order valence-electron chi connectivity index (χ2n) is 3.02. The minimum atomic E-state index is 0.611. The lowest BCUT2D eigenvalue weighted by atomic mass is 10.4. The number of hydrogen-bond acceptors (Lipinski definition) is 4. The molecule has 15 heavy (non-hydrogen) atoms. The maximum Gasteiger partial charge on any atom is 0.222 e. The molecule has 0 aliphatic heterocycles. The molecule has 0 amide bonds. The molecular formula is C9H10BrN5. The first-order valence-corrected chi connectivity index (χ1v) is 5.23. The molecule has 0 aromatic carbocycles. The molecule has 2 rings (SSSR count). The van der Waals surface area contributed by atoms with Crippen LogP contribution < -0.4 is 5.32 Å². The van der Waals surface area contributed by atoms with Crippen LogP contribution in [-0.4, -0.2) is 19.7 Å². The van der Waals surface area contributed by atoms with Crippen molar-refractivity contribution in [2.45, 2.75) is 6.54 Å². The quantitative estimate of drug-likeness (QED) is 0.918. The molecule has 5 nitrogen and oxygen atoms in total. The maximum atomic E-state index is 4.11. The van der Waals surface area contributed by atoms with Crippen molar-refractivity contribution in [3.05, 3.63) is 34.8 Å². The van der Waals surface area contributed by atoms with Gasteiger partial charge in [0.25, 0.3) is 0 Å². The van der Waals surface area contributed by atoms with Gasteiger partial charge in [-0.1, -0.05) is 0 Å². The highest BCUT2D eigenvalue weighted by atomic mass is 79.9. The Labute approximate surface area is 95.7 Å².